The Morgan fingerprint density at radius 3 is 2.54 bits per heavy atom. The molecule has 1 amide bonds. The van der Waals surface area contributed by atoms with Crippen molar-refractivity contribution in [2.24, 2.45) is 0 Å². The molecule has 144 valence electrons. The quantitative estimate of drug-likeness (QED) is 0.691. The molecule has 1 aromatic carbocycles. The van der Waals surface area contributed by atoms with E-state index in [1.54, 1.807) is 0 Å². The van der Waals surface area contributed by atoms with Gasteiger partial charge in [-0.05, 0) is 40.8 Å². The zero-order chi connectivity index (χ0) is 18.9. The number of fused-ring (bicyclic) bond motifs is 1. The number of carbonyl (C=O) groups excluding carboxylic acids is 1. The molecule has 0 bridgehead atoms. The Balaban J connectivity index is 1.14. The van der Waals surface area contributed by atoms with E-state index in [1.165, 1.54) is 20.2 Å². The van der Waals surface area contributed by atoms with Crippen LogP contribution in [0.25, 0.3) is 9.75 Å². The lowest BCUT2D eigenvalue weighted by atomic mass is 10.1. The van der Waals surface area contributed by atoms with Gasteiger partial charge in [-0.15, -0.1) is 22.7 Å². The molecule has 0 atom stereocenters. The van der Waals surface area contributed by atoms with Crippen molar-refractivity contribution < 1.29 is 4.79 Å². The molecule has 0 spiro atoms. The second-order valence-electron chi connectivity index (χ2n) is 7.47. The van der Waals surface area contributed by atoms with Gasteiger partial charge in [0.2, 0.25) is 0 Å². The molecule has 2 aliphatic heterocycles. The van der Waals surface area contributed by atoms with Crippen molar-refractivity contribution in [3.63, 3.8) is 0 Å². The summed E-state index contributed by atoms with van der Waals surface area (Å²) in [4.78, 5) is 21.0. The fourth-order valence-electron chi connectivity index (χ4n) is 3.98. The molecule has 0 radical (unpaired) electrons. The molecular formula is C22H23N3OS2. The molecule has 28 heavy (non-hydrogen) atoms. The zero-order valence-electron chi connectivity index (χ0n) is 15.7. The maximum atomic E-state index is 11.7. The van der Waals surface area contributed by atoms with Crippen molar-refractivity contribution in [1.29, 1.82) is 0 Å². The number of nitrogens with one attached hydrogen (secondary N) is 1. The summed E-state index contributed by atoms with van der Waals surface area (Å²) < 4.78 is 0. The normalized spacial score (nSPS) is 17.6. The van der Waals surface area contributed by atoms with Crippen molar-refractivity contribution in [2.75, 3.05) is 26.2 Å². The van der Waals surface area contributed by atoms with Gasteiger partial charge in [0.15, 0.2) is 0 Å². The number of rotatable bonds is 5. The Kier molecular flexibility index (Phi) is 5.03. The van der Waals surface area contributed by atoms with E-state index in [2.05, 4.69) is 56.9 Å². The first-order valence-corrected chi connectivity index (χ1v) is 11.4. The van der Waals surface area contributed by atoms with E-state index in [4.69, 9.17) is 0 Å². The Hall–Kier alpha value is -1.99. The van der Waals surface area contributed by atoms with Crippen LogP contribution < -0.4 is 5.32 Å². The molecule has 2 aliphatic rings. The van der Waals surface area contributed by atoms with E-state index in [1.807, 2.05) is 28.7 Å². The lowest BCUT2D eigenvalue weighted by molar-refractivity contribution is 0.0965. The molecule has 2 aromatic heterocycles. The van der Waals surface area contributed by atoms with E-state index in [-0.39, 0.29) is 5.91 Å². The van der Waals surface area contributed by atoms with Gasteiger partial charge in [-0.2, -0.15) is 0 Å². The summed E-state index contributed by atoms with van der Waals surface area (Å²) in [5.41, 5.74) is 3.29. The molecule has 0 saturated carbocycles. The number of thiophene rings is 2. The van der Waals surface area contributed by atoms with Crippen molar-refractivity contribution in [2.45, 2.75) is 19.6 Å². The smallest absolute Gasteiger partial charge is 0.251 e. The SMILES string of the molecule is O=C1NCc2cc(CN3CCN(Cc4ccc(-c5cccs5)s4)CC3)ccc21. The molecule has 1 N–H and O–H groups in total. The third-order valence-corrected chi connectivity index (χ3v) is 7.67. The highest BCUT2D eigenvalue weighted by Gasteiger charge is 2.21. The van der Waals surface area contributed by atoms with Crippen LogP contribution in [0.1, 0.15) is 26.4 Å². The molecule has 6 heteroatoms. The Morgan fingerprint density at radius 2 is 1.75 bits per heavy atom. The fourth-order valence-corrected chi connectivity index (χ4v) is 5.87. The Bertz CT molecular complexity index is 972. The number of piperazine rings is 1. The van der Waals surface area contributed by atoms with Crippen molar-refractivity contribution >= 4 is 28.6 Å². The second-order valence-corrected chi connectivity index (χ2v) is 9.59. The largest absolute Gasteiger partial charge is 0.348 e. The Morgan fingerprint density at radius 1 is 0.929 bits per heavy atom. The topological polar surface area (TPSA) is 35.6 Å². The maximum Gasteiger partial charge on any atom is 0.251 e. The summed E-state index contributed by atoms with van der Waals surface area (Å²) in [5.74, 6) is 0.0611. The van der Waals surface area contributed by atoms with Crippen LogP contribution in [0.3, 0.4) is 0 Å². The van der Waals surface area contributed by atoms with Gasteiger partial charge in [0.1, 0.15) is 0 Å². The van der Waals surface area contributed by atoms with Crippen LogP contribution >= 0.6 is 22.7 Å². The van der Waals surface area contributed by atoms with Crippen molar-refractivity contribution in [3.8, 4) is 9.75 Å². The number of nitrogens with zero attached hydrogens (tertiary/aromatic N) is 2. The monoisotopic (exact) mass is 409 g/mol. The molecule has 1 fully saturated rings. The van der Waals surface area contributed by atoms with E-state index >= 15 is 0 Å². The van der Waals surface area contributed by atoms with Gasteiger partial charge in [0.25, 0.3) is 5.91 Å². The summed E-state index contributed by atoms with van der Waals surface area (Å²) in [6.07, 6.45) is 0. The first-order chi connectivity index (χ1) is 13.7. The van der Waals surface area contributed by atoms with Crippen LogP contribution in [-0.4, -0.2) is 41.9 Å². The van der Waals surface area contributed by atoms with Crippen LogP contribution in [0, 0.1) is 0 Å². The van der Waals surface area contributed by atoms with Crippen LogP contribution in [0.2, 0.25) is 0 Å². The first-order valence-electron chi connectivity index (χ1n) is 9.72. The molecule has 0 aliphatic carbocycles. The minimum absolute atomic E-state index is 0.0611. The van der Waals surface area contributed by atoms with Gasteiger partial charge < -0.3 is 5.32 Å². The fraction of sp³-hybridized carbons (Fsp3) is 0.318. The molecule has 1 saturated heterocycles. The van der Waals surface area contributed by atoms with Gasteiger partial charge in [-0.25, -0.2) is 0 Å². The second kappa shape index (κ2) is 7.79. The number of carbonyl (C=O) groups is 1. The van der Waals surface area contributed by atoms with Crippen LogP contribution in [0.5, 0.6) is 0 Å². The highest BCUT2D eigenvalue weighted by molar-refractivity contribution is 7.21. The summed E-state index contributed by atoms with van der Waals surface area (Å²) in [5, 5.41) is 5.04. The predicted octanol–water partition coefficient (Wildman–Crippen LogP) is 4.04. The molecule has 4 heterocycles. The predicted molar refractivity (Wildman–Crippen MR) is 116 cm³/mol. The highest BCUT2D eigenvalue weighted by Crippen LogP contribution is 2.32. The number of hydrogen-bond donors (Lipinski definition) is 1. The summed E-state index contributed by atoms with van der Waals surface area (Å²) in [6, 6.07) is 15.1. The average Bonchev–Trinajstić information content (AvgIpc) is 3.45. The first kappa shape index (κ1) is 18.1. The lowest BCUT2D eigenvalue weighted by Crippen LogP contribution is -2.45. The van der Waals surface area contributed by atoms with Crippen molar-refractivity contribution in [3.05, 3.63) is 69.4 Å². The third kappa shape index (κ3) is 3.78. The highest BCUT2D eigenvalue weighted by atomic mass is 32.1. The number of hydrogen-bond acceptors (Lipinski definition) is 5. The van der Waals surface area contributed by atoms with Gasteiger partial charge in [0.05, 0.1) is 0 Å². The van der Waals surface area contributed by atoms with E-state index in [9.17, 15) is 4.79 Å². The van der Waals surface area contributed by atoms with Crippen LogP contribution in [-0.2, 0) is 19.6 Å². The summed E-state index contributed by atoms with van der Waals surface area (Å²) in [7, 11) is 0. The third-order valence-electron chi connectivity index (χ3n) is 5.53. The molecule has 5 rings (SSSR count). The Labute approximate surface area is 173 Å². The lowest BCUT2D eigenvalue weighted by Gasteiger charge is -2.34. The van der Waals surface area contributed by atoms with Gasteiger partial charge in [-0.3, -0.25) is 14.6 Å². The minimum Gasteiger partial charge on any atom is -0.348 e. The van der Waals surface area contributed by atoms with Gasteiger partial charge >= 0.3 is 0 Å². The van der Waals surface area contributed by atoms with Gasteiger partial charge in [0, 0.05) is 66.0 Å². The minimum atomic E-state index is 0.0611. The van der Waals surface area contributed by atoms with Crippen LogP contribution in [0.15, 0.2) is 47.8 Å². The van der Waals surface area contributed by atoms with E-state index in [0.29, 0.717) is 6.54 Å². The summed E-state index contributed by atoms with van der Waals surface area (Å²) in [6.45, 7) is 7.10. The standard InChI is InChI=1S/C22H23N3OS2/c26-22-19-5-3-16(12-17(19)13-23-22)14-24-7-9-25(10-8-24)15-18-4-6-21(28-18)20-2-1-11-27-20/h1-6,11-12H,7-10,13-15H2,(H,23,26). The van der Waals surface area contributed by atoms with Gasteiger partial charge in [-0.1, -0.05) is 18.2 Å². The molecular weight excluding hydrogens is 386 g/mol. The average molecular weight is 410 g/mol. The van der Waals surface area contributed by atoms with E-state index in [0.717, 1.165) is 50.4 Å². The molecule has 3 aromatic rings. The molecule has 0 unspecified atom stereocenters. The molecule has 4 nitrogen and oxygen atoms in total. The summed E-state index contributed by atoms with van der Waals surface area (Å²) >= 11 is 3.73. The van der Waals surface area contributed by atoms with Crippen molar-refractivity contribution in [1.82, 2.24) is 15.1 Å². The number of benzene rings is 1. The van der Waals surface area contributed by atoms with E-state index < -0.39 is 0 Å². The zero-order valence-corrected chi connectivity index (χ0v) is 17.3. The number of amides is 1. The maximum absolute atomic E-state index is 11.7. The van der Waals surface area contributed by atoms with Crippen LogP contribution in [0.4, 0.5) is 0 Å².